The van der Waals surface area contributed by atoms with Crippen LogP contribution in [0.15, 0.2) is 27.8 Å². The largest absolute Gasteiger partial charge is 0.573 e. The number of fused-ring (bicyclic) bond motifs is 1. The summed E-state index contributed by atoms with van der Waals surface area (Å²) in [6, 6.07) is 1.46. The van der Waals surface area contributed by atoms with Crippen molar-refractivity contribution in [1.82, 2.24) is 19.7 Å². The molecule has 32 heavy (non-hydrogen) atoms. The molecule has 1 atom stereocenters. The van der Waals surface area contributed by atoms with Crippen molar-refractivity contribution in [3.05, 3.63) is 56.1 Å². The molecule has 0 aliphatic carbocycles. The van der Waals surface area contributed by atoms with E-state index in [4.69, 9.17) is 0 Å². The first-order valence-corrected chi connectivity index (χ1v) is 9.02. The number of nitrogens with zero attached hydrogens (tertiary/aromatic N) is 2. The standard InChI is InChI=1S/C18H15F7N4O3/c1-7(2)13(8-3-4-11(9(19)5-8)32-18(23,24)25)29-14-12(15(30)27-16(31)26-14)10(28-29)6-17(20,21)22/h3-5,7,13H,6H2,1-2H3,(H2,26,27,30,31)/t13-/m1/s1. The molecule has 3 aromatic rings. The van der Waals surface area contributed by atoms with Crippen LogP contribution in [0.5, 0.6) is 5.75 Å². The number of hydrogen-bond donors (Lipinski definition) is 2. The van der Waals surface area contributed by atoms with Gasteiger partial charge in [0.25, 0.3) is 5.56 Å². The van der Waals surface area contributed by atoms with Crippen LogP contribution in [-0.2, 0) is 6.42 Å². The first-order valence-electron chi connectivity index (χ1n) is 9.02. The van der Waals surface area contributed by atoms with Gasteiger partial charge in [0.15, 0.2) is 11.6 Å². The highest BCUT2D eigenvalue weighted by Crippen LogP contribution is 2.34. The molecule has 0 amide bonds. The Kier molecular flexibility index (Phi) is 5.82. The third-order valence-corrected chi connectivity index (χ3v) is 4.45. The lowest BCUT2D eigenvalue weighted by Crippen LogP contribution is -2.25. The number of ether oxygens (including phenoxy) is 1. The first-order chi connectivity index (χ1) is 14.7. The molecule has 2 aromatic heterocycles. The SMILES string of the molecule is CC(C)[C@H](c1ccc(OC(F)(F)F)c(F)c1)n1nc(CC(F)(F)F)c2c(=O)[nH]c(=O)[nH]c21. The predicted molar refractivity (Wildman–Crippen MR) is 96.8 cm³/mol. The minimum Gasteiger partial charge on any atom is -0.403 e. The summed E-state index contributed by atoms with van der Waals surface area (Å²) in [6.45, 7) is 3.18. The fourth-order valence-corrected chi connectivity index (χ4v) is 3.38. The van der Waals surface area contributed by atoms with Crippen LogP contribution in [0.1, 0.15) is 31.1 Å². The van der Waals surface area contributed by atoms with E-state index in [1.807, 2.05) is 4.98 Å². The highest BCUT2D eigenvalue weighted by molar-refractivity contribution is 5.77. The average molecular weight is 468 g/mol. The number of aromatic amines is 2. The van der Waals surface area contributed by atoms with Gasteiger partial charge in [-0.2, -0.15) is 18.3 Å². The molecule has 0 bridgehead atoms. The van der Waals surface area contributed by atoms with Crippen molar-refractivity contribution < 1.29 is 35.5 Å². The first kappa shape index (κ1) is 23.3. The minimum atomic E-state index is -5.13. The Balaban J connectivity index is 2.21. The van der Waals surface area contributed by atoms with Crippen molar-refractivity contribution in [3.63, 3.8) is 0 Å². The molecule has 14 heteroatoms. The van der Waals surface area contributed by atoms with E-state index in [-0.39, 0.29) is 11.2 Å². The monoisotopic (exact) mass is 468 g/mol. The Morgan fingerprint density at radius 1 is 1.09 bits per heavy atom. The molecule has 3 rings (SSSR count). The second kappa shape index (κ2) is 7.98. The van der Waals surface area contributed by atoms with Crippen LogP contribution in [0.3, 0.4) is 0 Å². The zero-order valence-corrected chi connectivity index (χ0v) is 16.4. The Morgan fingerprint density at radius 3 is 2.28 bits per heavy atom. The number of H-pyrrole nitrogens is 2. The van der Waals surface area contributed by atoms with Gasteiger partial charge in [-0.1, -0.05) is 19.9 Å². The third-order valence-electron chi connectivity index (χ3n) is 4.45. The number of aromatic nitrogens is 4. The van der Waals surface area contributed by atoms with E-state index in [1.165, 1.54) is 0 Å². The van der Waals surface area contributed by atoms with Gasteiger partial charge in [-0.05, 0) is 23.6 Å². The Labute approximate surface area is 173 Å². The van der Waals surface area contributed by atoms with E-state index in [0.29, 0.717) is 12.1 Å². The van der Waals surface area contributed by atoms with Gasteiger partial charge in [-0.15, -0.1) is 13.2 Å². The van der Waals surface area contributed by atoms with Crippen LogP contribution >= 0.6 is 0 Å². The van der Waals surface area contributed by atoms with Crippen LogP contribution in [0, 0.1) is 11.7 Å². The van der Waals surface area contributed by atoms with Crippen molar-refractivity contribution in [2.24, 2.45) is 5.92 Å². The van der Waals surface area contributed by atoms with E-state index < -0.39 is 64.8 Å². The lowest BCUT2D eigenvalue weighted by Gasteiger charge is -2.23. The summed E-state index contributed by atoms with van der Waals surface area (Å²) in [7, 11) is 0. The molecule has 0 saturated heterocycles. The molecule has 0 unspecified atom stereocenters. The average Bonchev–Trinajstić information content (AvgIpc) is 2.92. The summed E-state index contributed by atoms with van der Waals surface area (Å²) in [5.74, 6) is -2.98. The fraction of sp³-hybridized carbons (Fsp3) is 0.389. The number of alkyl halides is 6. The molecule has 1 aromatic carbocycles. The molecule has 174 valence electrons. The maximum Gasteiger partial charge on any atom is 0.573 e. The zero-order valence-electron chi connectivity index (χ0n) is 16.4. The van der Waals surface area contributed by atoms with E-state index in [9.17, 15) is 40.3 Å². The van der Waals surface area contributed by atoms with Gasteiger partial charge in [-0.3, -0.25) is 14.8 Å². The molecule has 0 aliphatic heterocycles. The molecule has 0 fully saturated rings. The zero-order chi connectivity index (χ0) is 24.0. The Bertz CT molecular complexity index is 1250. The van der Waals surface area contributed by atoms with Crippen LogP contribution in [0.25, 0.3) is 11.0 Å². The Hall–Kier alpha value is -3.32. The van der Waals surface area contributed by atoms with Gasteiger partial charge in [0.1, 0.15) is 11.0 Å². The number of nitrogens with one attached hydrogen (secondary N) is 2. The van der Waals surface area contributed by atoms with Gasteiger partial charge in [-0.25, -0.2) is 13.9 Å². The number of halogens is 7. The lowest BCUT2D eigenvalue weighted by molar-refractivity contribution is -0.275. The van der Waals surface area contributed by atoms with E-state index >= 15 is 0 Å². The molecule has 0 saturated carbocycles. The van der Waals surface area contributed by atoms with Gasteiger partial charge < -0.3 is 4.74 Å². The summed E-state index contributed by atoms with van der Waals surface area (Å²) >= 11 is 0. The third kappa shape index (κ3) is 4.94. The molecule has 7 nitrogen and oxygen atoms in total. The summed E-state index contributed by atoms with van der Waals surface area (Å²) < 4.78 is 95.0. The smallest absolute Gasteiger partial charge is 0.403 e. The second-order valence-corrected chi connectivity index (χ2v) is 7.24. The molecule has 2 N–H and O–H groups in total. The highest BCUT2D eigenvalue weighted by Gasteiger charge is 2.35. The van der Waals surface area contributed by atoms with Crippen molar-refractivity contribution in [1.29, 1.82) is 0 Å². The van der Waals surface area contributed by atoms with Crippen molar-refractivity contribution >= 4 is 11.0 Å². The molecular weight excluding hydrogens is 453 g/mol. The van der Waals surface area contributed by atoms with Crippen LogP contribution in [0.2, 0.25) is 0 Å². The highest BCUT2D eigenvalue weighted by atomic mass is 19.4. The lowest BCUT2D eigenvalue weighted by atomic mass is 9.96. The van der Waals surface area contributed by atoms with Gasteiger partial charge in [0.05, 0.1) is 18.2 Å². The summed E-state index contributed by atoms with van der Waals surface area (Å²) in [5.41, 5.74) is -3.10. The van der Waals surface area contributed by atoms with E-state index in [2.05, 4.69) is 14.8 Å². The summed E-state index contributed by atoms with van der Waals surface area (Å²) in [4.78, 5) is 28.0. The van der Waals surface area contributed by atoms with Gasteiger partial charge >= 0.3 is 18.2 Å². The molecule has 0 radical (unpaired) electrons. The topological polar surface area (TPSA) is 92.8 Å². The maximum atomic E-state index is 14.3. The number of benzene rings is 1. The fourth-order valence-electron chi connectivity index (χ4n) is 3.38. The normalized spacial score (nSPS) is 13.7. The van der Waals surface area contributed by atoms with Crippen LogP contribution in [0.4, 0.5) is 30.7 Å². The van der Waals surface area contributed by atoms with Gasteiger partial charge in [0.2, 0.25) is 0 Å². The molecule has 0 aliphatic rings. The van der Waals surface area contributed by atoms with Crippen LogP contribution < -0.4 is 16.0 Å². The van der Waals surface area contributed by atoms with E-state index in [1.54, 1.807) is 13.8 Å². The molecular formula is C18H15F7N4O3. The number of rotatable bonds is 5. The predicted octanol–water partition coefficient (Wildman–Crippen LogP) is 3.80. The van der Waals surface area contributed by atoms with Crippen molar-refractivity contribution in [2.75, 3.05) is 0 Å². The van der Waals surface area contributed by atoms with Crippen molar-refractivity contribution in [3.8, 4) is 5.75 Å². The van der Waals surface area contributed by atoms with E-state index in [0.717, 1.165) is 10.7 Å². The molecule has 0 spiro atoms. The number of hydrogen-bond acceptors (Lipinski definition) is 4. The second-order valence-electron chi connectivity index (χ2n) is 7.24. The Morgan fingerprint density at radius 2 is 1.75 bits per heavy atom. The summed E-state index contributed by atoms with van der Waals surface area (Å²) in [5, 5.41) is 3.35. The quantitative estimate of drug-likeness (QED) is 0.558. The minimum absolute atomic E-state index is 0.0242. The van der Waals surface area contributed by atoms with Crippen LogP contribution in [-0.4, -0.2) is 32.3 Å². The maximum absolute atomic E-state index is 14.3. The van der Waals surface area contributed by atoms with Gasteiger partial charge in [0, 0.05) is 0 Å². The summed E-state index contributed by atoms with van der Waals surface area (Å²) in [6.07, 6.45) is -11.4. The van der Waals surface area contributed by atoms with Crippen molar-refractivity contribution in [2.45, 2.75) is 38.8 Å². The molecule has 2 heterocycles.